The van der Waals surface area contributed by atoms with Crippen molar-refractivity contribution in [2.45, 2.75) is 6.92 Å². The van der Waals surface area contributed by atoms with Crippen molar-refractivity contribution in [3.63, 3.8) is 0 Å². The first-order chi connectivity index (χ1) is 11.1. The second-order valence-electron chi connectivity index (χ2n) is 5.23. The molecule has 1 N–H and O–H groups in total. The van der Waals surface area contributed by atoms with Crippen molar-refractivity contribution >= 4 is 44.4 Å². The Morgan fingerprint density at radius 2 is 1.96 bits per heavy atom. The Hall–Kier alpha value is -2.22. The maximum absolute atomic E-state index is 14.7. The topological polar surface area (TPSA) is 50.8 Å². The lowest BCUT2D eigenvalue weighted by atomic mass is 10.2. The van der Waals surface area contributed by atoms with E-state index in [1.807, 2.05) is 25.1 Å². The summed E-state index contributed by atoms with van der Waals surface area (Å²) >= 11 is 2.21. The van der Waals surface area contributed by atoms with E-state index in [1.165, 1.54) is 6.33 Å². The van der Waals surface area contributed by atoms with Gasteiger partial charge in [0.25, 0.3) is 0 Å². The summed E-state index contributed by atoms with van der Waals surface area (Å²) in [4.78, 5) is 11.5. The molecule has 2 heterocycles. The monoisotopic (exact) mass is 419 g/mol. The third-order valence-electron chi connectivity index (χ3n) is 3.60. The molecule has 4 aromatic rings. The summed E-state index contributed by atoms with van der Waals surface area (Å²) in [6.07, 6.45) is 1.42. The highest BCUT2D eigenvalue weighted by Gasteiger charge is 2.14. The van der Waals surface area contributed by atoms with Gasteiger partial charge in [-0.3, -0.25) is 0 Å². The molecule has 0 aliphatic heterocycles. The molecular weight excluding hydrogens is 408 g/mol. The minimum atomic E-state index is -0.399. The van der Waals surface area contributed by atoms with Crippen molar-refractivity contribution in [3.8, 4) is 11.6 Å². The summed E-state index contributed by atoms with van der Waals surface area (Å²) in [6, 6.07) is 10.9. The number of benzene rings is 2. The lowest BCUT2D eigenvalue weighted by Crippen LogP contribution is -1.94. The molecule has 0 amide bonds. The number of nitrogens with zero attached hydrogens (tertiary/aromatic N) is 2. The fraction of sp³-hybridized carbons (Fsp3) is 0.0588. The van der Waals surface area contributed by atoms with Crippen LogP contribution in [0.15, 0.2) is 42.7 Å². The highest BCUT2D eigenvalue weighted by molar-refractivity contribution is 14.1. The lowest BCUT2D eigenvalue weighted by molar-refractivity contribution is 0.435. The molecule has 4 nitrogen and oxygen atoms in total. The molecule has 0 atom stereocenters. The van der Waals surface area contributed by atoms with Crippen LogP contribution in [0.4, 0.5) is 4.39 Å². The van der Waals surface area contributed by atoms with Gasteiger partial charge in [0.05, 0.1) is 10.9 Å². The Kier molecular flexibility index (Phi) is 3.41. The average molecular weight is 419 g/mol. The van der Waals surface area contributed by atoms with Crippen molar-refractivity contribution in [1.29, 1.82) is 0 Å². The van der Waals surface area contributed by atoms with Crippen LogP contribution in [-0.4, -0.2) is 15.0 Å². The molecule has 0 unspecified atom stereocenters. The van der Waals surface area contributed by atoms with Gasteiger partial charge in [0.15, 0.2) is 11.6 Å². The number of rotatable bonds is 2. The van der Waals surface area contributed by atoms with Gasteiger partial charge < -0.3 is 9.72 Å². The van der Waals surface area contributed by atoms with Crippen LogP contribution in [-0.2, 0) is 0 Å². The van der Waals surface area contributed by atoms with E-state index in [4.69, 9.17) is 4.74 Å². The van der Waals surface area contributed by atoms with Crippen LogP contribution < -0.4 is 4.74 Å². The van der Waals surface area contributed by atoms with Gasteiger partial charge in [-0.25, -0.2) is 14.4 Å². The Bertz CT molecular complexity index is 1040. The average Bonchev–Trinajstić information content (AvgIpc) is 2.92. The van der Waals surface area contributed by atoms with Crippen LogP contribution in [0.25, 0.3) is 21.8 Å². The Morgan fingerprint density at radius 1 is 1.09 bits per heavy atom. The molecule has 23 heavy (non-hydrogen) atoms. The molecule has 0 fully saturated rings. The highest BCUT2D eigenvalue weighted by atomic mass is 127. The fourth-order valence-electron chi connectivity index (χ4n) is 2.56. The number of aromatic amines is 1. The van der Waals surface area contributed by atoms with Gasteiger partial charge >= 0.3 is 0 Å². The summed E-state index contributed by atoms with van der Waals surface area (Å²) < 4.78 is 21.4. The summed E-state index contributed by atoms with van der Waals surface area (Å²) in [5.74, 6) is 0.0959. The first-order valence-electron chi connectivity index (χ1n) is 6.98. The van der Waals surface area contributed by atoms with Gasteiger partial charge in [-0.15, -0.1) is 0 Å². The van der Waals surface area contributed by atoms with Crippen LogP contribution >= 0.6 is 22.6 Å². The molecule has 2 aromatic heterocycles. The Labute approximate surface area is 144 Å². The van der Waals surface area contributed by atoms with E-state index in [9.17, 15) is 4.39 Å². The quantitative estimate of drug-likeness (QED) is 0.468. The number of halogens is 2. The number of fused-ring (bicyclic) bond motifs is 2. The summed E-state index contributed by atoms with van der Waals surface area (Å²) in [5.41, 5.74) is 2.40. The molecular formula is C17H11FIN3O. The molecule has 0 saturated heterocycles. The van der Waals surface area contributed by atoms with Crippen LogP contribution in [0.2, 0.25) is 0 Å². The number of nitrogens with one attached hydrogen (secondary N) is 1. The maximum Gasteiger partial charge on any atom is 0.230 e. The van der Waals surface area contributed by atoms with Crippen molar-refractivity contribution in [1.82, 2.24) is 15.0 Å². The predicted molar refractivity (Wildman–Crippen MR) is 95.3 cm³/mol. The summed E-state index contributed by atoms with van der Waals surface area (Å²) in [7, 11) is 0. The Balaban J connectivity index is 1.85. The van der Waals surface area contributed by atoms with Crippen LogP contribution in [0.1, 0.15) is 5.69 Å². The zero-order valence-corrected chi connectivity index (χ0v) is 14.3. The highest BCUT2D eigenvalue weighted by Crippen LogP contribution is 2.32. The van der Waals surface area contributed by atoms with Crippen molar-refractivity contribution in [3.05, 3.63) is 57.8 Å². The van der Waals surface area contributed by atoms with E-state index in [-0.39, 0.29) is 5.75 Å². The third kappa shape index (κ3) is 2.52. The van der Waals surface area contributed by atoms with E-state index in [0.717, 1.165) is 25.7 Å². The molecule has 0 bridgehead atoms. The number of ether oxygens (including phenoxy) is 1. The number of aromatic nitrogens is 3. The number of hydrogen-bond acceptors (Lipinski definition) is 3. The lowest BCUT2D eigenvalue weighted by Gasteiger charge is -2.09. The largest absolute Gasteiger partial charge is 0.435 e. The van der Waals surface area contributed by atoms with Crippen molar-refractivity contribution in [2.24, 2.45) is 0 Å². The molecule has 0 aliphatic rings. The maximum atomic E-state index is 14.7. The van der Waals surface area contributed by atoms with Gasteiger partial charge in [-0.2, -0.15) is 0 Å². The minimum absolute atomic E-state index is 0.148. The molecule has 0 spiro atoms. The van der Waals surface area contributed by atoms with Gasteiger partial charge in [0.2, 0.25) is 5.88 Å². The molecule has 114 valence electrons. The van der Waals surface area contributed by atoms with Gasteiger partial charge in [0.1, 0.15) is 6.33 Å². The molecule has 0 radical (unpaired) electrons. The predicted octanol–water partition coefficient (Wildman–Crippen LogP) is 4.96. The van der Waals surface area contributed by atoms with E-state index in [2.05, 4.69) is 37.5 Å². The number of hydrogen-bond donors (Lipinski definition) is 1. The summed E-state index contributed by atoms with van der Waals surface area (Å²) in [5, 5.41) is 1.26. The van der Waals surface area contributed by atoms with Gasteiger partial charge in [-0.05, 0) is 65.9 Å². The first-order valence-corrected chi connectivity index (χ1v) is 8.05. The molecule has 0 aliphatic carbocycles. The normalized spacial score (nSPS) is 11.3. The van der Waals surface area contributed by atoms with Crippen LogP contribution in [0.3, 0.4) is 0 Å². The van der Waals surface area contributed by atoms with Crippen LogP contribution in [0, 0.1) is 16.3 Å². The Morgan fingerprint density at radius 3 is 2.83 bits per heavy atom. The number of H-pyrrole nitrogens is 1. The van der Waals surface area contributed by atoms with E-state index >= 15 is 0 Å². The van der Waals surface area contributed by atoms with Crippen molar-refractivity contribution in [2.75, 3.05) is 0 Å². The SMILES string of the molecule is Cc1cc2c(F)c(Oc3ncnc4ccc(I)cc34)ccc2[nH]1. The zero-order chi connectivity index (χ0) is 16.0. The smallest absolute Gasteiger partial charge is 0.230 e. The van der Waals surface area contributed by atoms with E-state index < -0.39 is 5.82 Å². The second-order valence-corrected chi connectivity index (χ2v) is 6.48. The number of aryl methyl sites for hydroxylation is 1. The van der Waals surface area contributed by atoms with E-state index in [1.54, 1.807) is 18.2 Å². The minimum Gasteiger partial charge on any atom is -0.435 e. The molecule has 4 rings (SSSR count). The molecule has 0 saturated carbocycles. The fourth-order valence-corrected chi connectivity index (χ4v) is 3.05. The van der Waals surface area contributed by atoms with Crippen LogP contribution in [0.5, 0.6) is 11.6 Å². The molecule has 2 aromatic carbocycles. The van der Waals surface area contributed by atoms with Crippen molar-refractivity contribution < 1.29 is 9.13 Å². The summed E-state index contributed by atoms with van der Waals surface area (Å²) in [6.45, 7) is 1.89. The van der Waals surface area contributed by atoms with E-state index in [0.29, 0.717) is 11.3 Å². The third-order valence-corrected chi connectivity index (χ3v) is 4.28. The van der Waals surface area contributed by atoms with Gasteiger partial charge in [0, 0.05) is 20.2 Å². The molecule has 6 heteroatoms. The standard InChI is InChI=1S/C17H11FIN3O/c1-9-6-11-14(22-9)4-5-15(16(11)18)23-17-12-7-10(19)2-3-13(12)20-8-21-17/h2-8,22H,1H3. The second kappa shape index (κ2) is 5.45. The zero-order valence-electron chi connectivity index (χ0n) is 12.1. The van der Waals surface area contributed by atoms with Gasteiger partial charge in [-0.1, -0.05) is 0 Å². The first kappa shape index (κ1) is 14.4.